The molecule has 0 aromatic rings. The molecule has 3 nitrogen and oxygen atoms in total. The zero-order chi connectivity index (χ0) is 11.4. The van der Waals surface area contributed by atoms with E-state index in [4.69, 9.17) is 0 Å². The minimum Gasteiger partial charge on any atom is -0.480 e. The van der Waals surface area contributed by atoms with E-state index in [0.717, 1.165) is 6.42 Å². The molecule has 88 valence electrons. The first-order valence-corrected chi connectivity index (χ1v) is 5.97. The van der Waals surface area contributed by atoms with E-state index in [2.05, 4.69) is 18.7 Å². The molecule has 0 spiro atoms. The molecule has 1 atom stereocenters. The molecule has 0 bridgehead atoms. The Balaban J connectivity index is 2.57. The summed E-state index contributed by atoms with van der Waals surface area (Å²) in [7, 11) is 1.97. The lowest BCUT2D eigenvalue weighted by Crippen LogP contribution is -2.44. The average molecular weight is 213 g/mol. The van der Waals surface area contributed by atoms with Crippen LogP contribution < -0.4 is 0 Å². The molecule has 0 amide bonds. The van der Waals surface area contributed by atoms with Gasteiger partial charge in [-0.3, -0.25) is 9.69 Å². The highest BCUT2D eigenvalue weighted by molar-refractivity contribution is 5.73. The Labute approximate surface area is 92.5 Å². The molecule has 3 heteroatoms. The van der Waals surface area contributed by atoms with Crippen LogP contribution in [0.15, 0.2) is 0 Å². The van der Waals surface area contributed by atoms with Gasteiger partial charge in [0.1, 0.15) is 6.04 Å². The molecule has 1 aliphatic rings. The molecule has 1 saturated carbocycles. The van der Waals surface area contributed by atoms with E-state index in [1.165, 1.54) is 25.7 Å². The number of rotatable bonds is 5. The highest BCUT2D eigenvalue weighted by Gasteiger charge is 2.30. The zero-order valence-corrected chi connectivity index (χ0v) is 10.1. The van der Waals surface area contributed by atoms with Crippen molar-refractivity contribution in [3.8, 4) is 0 Å². The number of aliphatic carboxylic acids is 1. The number of carboxylic acids is 1. The standard InChI is InChI=1S/C12H23NO2/c1-9(2)8-11(12(14)15)13(3)10-6-4-5-7-10/h9-11H,4-8H2,1-3H3,(H,14,15). The molecule has 0 heterocycles. The fourth-order valence-corrected chi connectivity index (χ4v) is 2.45. The molecule has 1 N–H and O–H groups in total. The minimum absolute atomic E-state index is 0.298. The molecule has 15 heavy (non-hydrogen) atoms. The summed E-state index contributed by atoms with van der Waals surface area (Å²) in [6, 6.07) is 0.193. The van der Waals surface area contributed by atoms with Gasteiger partial charge in [-0.25, -0.2) is 0 Å². The van der Waals surface area contributed by atoms with Crippen LogP contribution in [0.1, 0.15) is 46.0 Å². The lowest BCUT2D eigenvalue weighted by molar-refractivity contribution is -0.144. The number of carboxylic acid groups (broad SMARTS) is 1. The SMILES string of the molecule is CC(C)CC(C(=O)O)N(C)C1CCCC1. The molecular weight excluding hydrogens is 190 g/mol. The van der Waals surface area contributed by atoms with E-state index >= 15 is 0 Å². The van der Waals surface area contributed by atoms with Crippen molar-refractivity contribution in [3.05, 3.63) is 0 Å². The van der Waals surface area contributed by atoms with Gasteiger partial charge in [0.25, 0.3) is 0 Å². The molecule has 0 saturated heterocycles. The fraction of sp³-hybridized carbons (Fsp3) is 0.917. The van der Waals surface area contributed by atoms with E-state index in [-0.39, 0.29) is 6.04 Å². The third-order valence-electron chi connectivity index (χ3n) is 3.37. The van der Waals surface area contributed by atoms with Gasteiger partial charge in [-0.1, -0.05) is 26.7 Å². The highest BCUT2D eigenvalue weighted by Crippen LogP contribution is 2.25. The van der Waals surface area contributed by atoms with Gasteiger partial charge in [-0.2, -0.15) is 0 Å². The number of nitrogens with zero attached hydrogens (tertiary/aromatic N) is 1. The van der Waals surface area contributed by atoms with Crippen LogP contribution >= 0.6 is 0 Å². The normalized spacial score (nSPS) is 20.1. The smallest absolute Gasteiger partial charge is 0.320 e. The van der Waals surface area contributed by atoms with Crippen molar-refractivity contribution < 1.29 is 9.90 Å². The Morgan fingerprint density at radius 1 is 1.40 bits per heavy atom. The summed E-state index contributed by atoms with van der Waals surface area (Å²) in [6.45, 7) is 4.16. The maximum absolute atomic E-state index is 11.2. The van der Waals surface area contributed by atoms with Crippen molar-refractivity contribution in [3.63, 3.8) is 0 Å². The van der Waals surface area contributed by atoms with E-state index in [0.29, 0.717) is 12.0 Å². The number of hydrogen-bond acceptors (Lipinski definition) is 2. The summed E-state index contributed by atoms with van der Waals surface area (Å²) in [5.41, 5.74) is 0. The minimum atomic E-state index is -0.668. The van der Waals surface area contributed by atoms with Crippen LogP contribution in [0.3, 0.4) is 0 Å². The van der Waals surface area contributed by atoms with E-state index < -0.39 is 5.97 Å². The molecule has 0 radical (unpaired) electrons. The second-order valence-electron chi connectivity index (χ2n) is 5.09. The summed E-state index contributed by atoms with van der Waals surface area (Å²) in [5.74, 6) is -0.229. The summed E-state index contributed by atoms with van der Waals surface area (Å²) in [4.78, 5) is 13.3. The summed E-state index contributed by atoms with van der Waals surface area (Å²) < 4.78 is 0. The Bertz CT molecular complexity index is 210. The molecule has 0 aromatic carbocycles. The van der Waals surface area contributed by atoms with E-state index in [9.17, 15) is 9.90 Å². The van der Waals surface area contributed by atoms with Crippen LogP contribution in [0.2, 0.25) is 0 Å². The molecule has 1 rings (SSSR count). The maximum Gasteiger partial charge on any atom is 0.320 e. The Morgan fingerprint density at radius 2 is 1.93 bits per heavy atom. The fourth-order valence-electron chi connectivity index (χ4n) is 2.45. The first kappa shape index (κ1) is 12.5. The second kappa shape index (κ2) is 5.50. The van der Waals surface area contributed by atoms with Crippen LogP contribution in [0.5, 0.6) is 0 Å². The Morgan fingerprint density at radius 3 is 2.33 bits per heavy atom. The number of carbonyl (C=O) groups is 1. The molecule has 1 aliphatic carbocycles. The van der Waals surface area contributed by atoms with Crippen molar-refractivity contribution in [1.29, 1.82) is 0 Å². The maximum atomic E-state index is 11.2. The Kier molecular flexibility index (Phi) is 4.58. The van der Waals surface area contributed by atoms with Gasteiger partial charge in [0.15, 0.2) is 0 Å². The van der Waals surface area contributed by atoms with Gasteiger partial charge in [0.05, 0.1) is 0 Å². The van der Waals surface area contributed by atoms with Crippen molar-refractivity contribution in [2.45, 2.75) is 58.0 Å². The number of hydrogen-bond donors (Lipinski definition) is 1. The van der Waals surface area contributed by atoms with Crippen LogP contribution in [0, 0.1) is 5.92 Å². The summed E-state index contributed by atoms with van der Waals surface area (Å²) in [6.07, 6.45) is 5.59. The molecule has 0 aromatic heterocycles. The van der Waals surface area contributed by atoms with Gasteiger partial charge < -0.3 is 5.11 Å². The first-order valence-electron chi connectivity index (χ1n) is 5.97. The van der Waals surface area contributed by atoms with Gasteiger partial charge >= 0.3 is 5.97 Å². The number of likely N-dealkylation sites (N-methyl/N-ethyl adjacent to an activating group) is 1. The molecule has 1 unspecified atom stereocenters. The van der Waals surface area contributed by atoms with E-state index in [1.807, 2.05) is 7.05 Å². The largest absolute Gasteiger partial charge is 0.480 e. The highest BCUT2D eigenvalue weighted by atomic mass is 16.4. The Hall–Kier alpha value is -0.570. The third kappa shape index (κ3) is 3.49. The lowest BCUT2D eigenvalue weighted by atomic mass is 10.0. The second-order valence-corrected chi connectivity index (χ2v) is 5.09. The summed E-state index contributed by atoms with van der Waals surface area (Å²) >= 11 is 0. The zero-order valence-electron chi connectivity index (χ0n) is 10.1. The van der Waals surface area contributed by atoms with E-state index in [1.54, 1.807) is 0 Å². The molecule has 0 aliphatic heterocycles. The molecular formula is C12H23NO2. The third-order valence-corrected chi connectivity index (χ3v) is 3.37. The van der Waals surface area contributed by atoms with Crippen molar-refractivity contribution in [1.82, 2.24) is 4.90 Å². The van der Waals surface area contributed by atoms with Gasteiger partial charge in [-0.15, -0.1) is 0 Å². The lowest BCUT2D eigenvalue weighted by Gasteiger charge is -2.31. The quantitative estimate of drug-likeness (QED) is 0.762. The van der Waals surface area contributed by atoms with Gasteiger partial charge in [-0.05, 0) is 32.2 Å². The monoisotopic (exact) mass is 213 g/mol. The topological polar surface area (TPSA) is 40.5 Å². The molecule has 1 fully saturated rings. The van der Waals surface area contributed by atoms with Crippen LogP contribution in [0.4, 0.5) is 0 Å². The first-order chi connectivity index (χ1) is 7.02. The van der Waals surface area contributed by atoms with Gasteiger partial charge in [0.2, 0.25) is 0 Å². The average Bonchev–Trinajstić information content (AvgIpc) is 2.65. The predicted octanol–water partition coefficient (Wildman–Crippen LogP) is 2.36. The van der Waals surface area contributed by atoms with Gasteiger partial charge in [0, 0.05) is 6.04 Å². The van der Waals surface area contributed by atoms with Crippen molar-refractivity contribution in [2.24, 2.45) is 5.92 Å². The summed E-state index contributed by atoms with van der Waals surface area (Å²) in [5, 5.41) is 9.21. The van der Waals surface area contributed by atoms with Crippen LogP contribution in [-0.2, 0) is 4.79 Å². The van der Waals surface area contributed by atoms with Crippen molar-refractivity contribution >= 4 is 5.97 Å². The predicted molar refractivity (Wildman–Crippen MR) is 60.9 cm³/mol. The van der Waals surface area contributed by atoms with Crippen LogP contribution in [0.25, 0.3) is 0 Å². The van der Waals surface area contributed by atoms with Crippen LogP contribution in [-0.4, -0.2) is 35.1 Å². The van der Waals surface area contributed by atoms with Crippen molar-refractivity contribution in [2.75, 3.05) is 7.05 Å².